The first-order chi connectivity index (χ1) is 5.27. The van der Waals surface area contributed by atoms with Crippen molar-refractivity contribution in [3.63, 3.8) is 0 Å². The fourth-order valence-electron chi connectivity index (χ4n) is 1.02. The van der Waals surface area contributed by atoms with Crippen molar-refractivity contribution in [3.8, 4) is 0 Å². The van der Waals surface area contributed by atoms with E-state index in [1.807, 2.05) is 19.1 Å². The van der Waals surface area contributed by atoms with Crippen molar-refractivity contribution >= 4 is 17.1 Å². The normalized spacial score (nSPS) is 10.7. The summed E-state index contributed by atoms with van der Waals surface area (Å²) in [6, 6.07) is 3.82. The van der Waals surface area contributed by atoms with Crippen LogP contribution >= 0.6 is 11.6 Å². The van der Waals surface area contributed by atoms with Gasteiger partial charge in [0.1, 0.15) is 0 Å². The summed E-state index contributed by atoms with van der Waals surface area (Å²) < 4.78 is 1.59. The fraction of sp³-hybridized carbons (Fsp3) is 0.143. The van der Waals surface area contributed by atoms with Gasteiger partial charge in [-0.05, 0) is 30.7 Å². The van der Waals surface area contributed by atoms with E-state index in [2.05, 4.69) is 10.1 Å². The van der Waals surface area contributed by atoms with E-state index in [4.69, 9.17) is 11.6 Å². The van der Waals surface area contributed by atoms with Gasteiger partial charge in [0.05, 0.1) is 11.7 Å². The van der Waals surface area contributed by atoms with E-state index in [0.717, 1.165) is 11.2 Å². The molecule has 0 aliphatic carbocycles. The Morgan fingerprint density at radius 2 is 2.36 bits per heavy atom. The molecule has 2 heterocycles. The van der Waals surface area contributed by atoms with Gasteiger partial charge in [-0.25, -0.2) is 9.50 Å². The van der Waals surface area contributed by atoms with Gasteiger partial charge in [-0.3, -0.25) is 0 Å². The Morgan fingerprint density at radius 3 is 3.18 bits per heavy atom. The third-order valence-electron chi connectivity index (χ3n) is 1.47. The number of halogens is 1. The van der Waals surface area contributed by atoms with Gasteiger partial charge in [0, 0.05) is 5.69 Å². The highest BCUT2D eigenvalue weighted by Gasteiger charge is 1.99. The number of fused-ring (bicyclic) bond motifs is 1. The molecule has 0 fully saturated rings. The molecule has 2 aromatic heterocycles. The molecule has 0 atom stereocenters. The van der Waals surface area contributed by atoms with Crippen LogP contribution in [0.2, 0.25) is 5.28 Å². The Labute approximate surface area is 68.6 Å². The zero-order chi connectivity index (χ0) is 7.84. The first kappa shape index (κ1) is 6.61. The molecule has 0 amide bonds. The van der Waals surface area contributed by atoms with E-state index in [-0.39, 0.29) is 0 Å². The third kappa shape index (κ3) is 0.973. The number of nitrogens with zero attached hydrogens (tertiary/aromatic N) is 3. The minimum atomic E-state index is 0.407. The van der Waals surface area contributed by atoms with Crippen LogP contribution in [-0.2, 0) is 0 Å². The van der Waals surface area contributed by atoms with E-state index in [1.54, 1.807) is 10.7 Å². The van der Waals surface area contributed by atoms with Crippen molar-refractivity contribution in [1.82, 2.24) is 14.6 Å². The molecular weight excluding hydrogens is 162 g/mol. The summed E-state index contributed by atoms with van der Waals surface area (Å²) in [5.74, 6) is 0. The second-order valence-corrected chi connectivity index (χ2v) is 2.67. The van der Waals surface area contributed by atoms with E-state index in [0.29, 0.717) is 5.28 Å². The molecule has 0 saturated carbocycles. The number of aromatic nitrogens is 3. The first-order valence-electron chi connectivity index (χ1n) is 3.24. The molecule has 0 bridgehead atoms. The highest BCUT2D eigenvalue weighted by Crippen LogP contribution is 2.10. The number of hydrogen-bond acceptors (Lipinski definition) is 2. The lowest BCUT2D eigenvalue weighted by atomic mass is 10.4. The van der Waals surface area contributed by atoms with Crippen molar-refractivity contribution in [2.45, 2.75) is 6.92 Å². The van der Waals surface area contributed by atoms with E-state index in [9.17, 15) is 0 Å². The number of aryl methyl sites for hydroxylation is 1. The maximum atomic E-state index is 5.79. The molecule has 2 rings (SSSR count). The summed E-state index contributed by atoms with van der Waals surface area (Å²) in [4.78, 5) is 4.04. The molecule has 56 valence electrons. The molecule has 0 aromatic carbocycles. The summed E-state index contributed by atoms with van der Waals surface area (Å²) in [6.45, 7) is 1.90. The van der Waals surface area contributed by atoms with E-state index in [1.165, 1.54) is 0 Å². The predicted molar refractivity (Wildman–Crippen MR) is 42.7 cm³/mol. The Bertz CT molecular complexity index is 393. The highest BCUT2D eigenvalue weighted by molar-refractivity contribution is 6.28. The second-order valence-electron chi connectivity index (χ2n) is 2.33. The van der Waals surface area contributed by atoms with Crippen LogP contribution in [0, 0.1) is 6.92 Å². The van der Waals surface area contributed by atoms with E-state index < -0.39 is 0 Å². The van der Waals surface area contributed by atoms with Crippen LogP contribution in [0.5, 0.6) is 0 Å². The van der Waals surface area contributed by atoms with Gasteiger partial charge in [-0.15, -0.1) is 0 Å². The van der Waals surface area contributed by atoms with Gasteiger partial charge in [-0.2, -0.15) is 5.10 Å². The van der Waals surface area contributed by atoms with Gasteiger partial charge >= 0.3 is 0 Å². The fourth-order valence-corrected chi connectivity index (χ4v) is 1.29. The van der Waals surface area contributed by atoms with Gasteiger partial charge in [0.25, 0.3) is 0 Å². The van der Waals surface area contributed by atoms with Crippen molar-refractivity contribution in [1.29, 1.82) is 0 Å². The maximum absolute atomic E-state index is 5.79. The Morgan fingerprint density at radius 1 is 1.55 bits per heavy atom. The molecule has 2 aromatic rings. The van der Waals surface area contributed by atoms with Crippen molar-refractivity contribution in [2.75, 3.05) is 0 Å². The van der Waals surface area contributed by atoms with Crippen LogP contribution in [0.1, 0.15) is 5.69 Å². The van der Waals surface area contributed by atoms with Crippen molar-refractivity contribution < 1.29 is 0 Å². The minimum absolute atomic E-state index is 0.407. The molecule has 0 N–H and O–H groups in total. The SMILES string of the molecule is Cc1cc2ccnn2c(Cl)n1. The second kappa shape index (κ2) is 2.20. The van der Waals surface area contributed by atoms with Gasteiger partial charge in [0.2, 0.25) is 5.28 Å². The monoisotopic (exact) mass is 167 g/mol. The van der Waals surface area contributed by atoms with Crippen LogP contribution in [0.25, 0.3) is 5.52 Å². The molecule has 3 nitrogen and oxygen atoms in total. The molecule has 0 aliphatic rings. The van der Waals surface area contributed by atoms with Crippen LogP contribution in [-0.4, -0.2) is 14.6 Å². The van der Waals surface area contributed by atoms with Crippen LogP contribution in [0.4, 0.5) is 0 Å². The van der Waals surface area contributed by atoms with E-state index >= 15 is 0 Å². The lowest BCUT2D eigenvalue weighted by molar-refractivity contribution is 0.911. The summed E-state index contributed by atoms with van der Waals surface area (Å²) in [7, 11) is 0. The molecule has 0 aliphatic heterocycles. The Kier molecular flexibility index (Phi) is 1.32. The largest absolute Gasteiger partial charge is 0.224 e. The maximum Gasteiger partial charge on any atom is 0.224 e. The quantitative estimate of drug-likeness (QED) is 0.559. The first-order valence-corrected chi connectivity index (χ1v) is 3.62. The van der Waals surface area contributed by atoms with Crippen LogP contribution < -0.4 is 0 Å². The topological polar surface area (TPSA) is 30.2 Å². The zero-order valence-corrected chi connectivity index (χ0v) is 6.71. The molecular formula is C7H6ClN3. The minimum Gasteiger partial charge on any atom is -0.223 e. The van der Waals surface area contributed by atoms with Gasteiger partial charge in [-0.1, -0.05) is 0 Å². The van der Waals surface area contributed by atoms with Gasteiger partial charge < -0.3 is 0 Å². The summed E-state index contributed by atoms with van der Waals surface area (Å²) in [6.07, 6.45) is 1.70. The van der Waals surface area contributed by atoms with Crippen molar-refractivity contribution in [2.24, 2.45) is 0 Å². The van der Waals surface area contributed by atoms with Gasteiger partial charge in [0.15, 0.2) is 0 Å². The lowest BCUT2D eigenvalue weighted by Gasteiger charge is -1.96. The molecule has 11 heavy (non-hydrogen) atoms. The number of hydrogen-bond donors (Lipinski definition) is 0. The molecule has 0 spiro atoms. The number of rotatable bonds is 0. The predicted octanol–water partition coefficient (Wildman–Crippen LogP) is 1.69. The summed E-state index contributed by atoms with van der Waals surface area (Å²) in [5.41, 5.74) is 1.88. The molecule has 4 heteroatoms. The highest BCUT2D eigenvalue weighted by atomic mass is 35.5. The van der Waals surface area contributed by atoms with Crippen LogP contribution in [0.15, 0.2) is 18.3 Å². The Hall–Kier alpha value is -1.09. The van der Waals surface area contributed by atoms with Crippen LogP contribution in [0.3, 0.4) is 0 Å². The van der Waals surface area contributed by atoms with Crippen molar-refractivity contribution in [3.05, 3.63) is 29.3 Å². The lowest BCUT2D eigenvalue weighted by Crippen LogP contribution is -1.93. The molecule has 0 radical (unpaired) electrons. The smallest absolute Gasteiger partial charge is 0.223 e. The standard InChI is InChI=1S/C7H6ClN3/c1-5-4-6-2-3-9-11(6)7(8)10-5/h2-4H,1H3. The zero-order valence-electron chi connectivity index (χ0n) is 5.95. The third-order valence-corrected chi connectivity index (χ3v) is 1.72. The molecule has 0 unspecified atom stereocenters. The molecule has 0 saturated heterocycles. The summed E-state index contributed by atoms with van der Waals surface area (Å²) >= 11 is 5.79. The average Bonchev–Trinajstić information content (AvgIpc) is 2.34. The Balaban J connectivity index is 2.91. The summed E-state index contributed by atoms with van der Waals surface area (Å²) in [5, 5.41) is 4.39. The average molecular weight is 168 g/mol.